The Morgan fingerprint density at radius 3 is 2.62 bits per heavy atom. The number of anilines is 2. The Morgan fingerprint density at radius 1 is 0.969 bits per heavy atom. The van der Waals surface area contributed by atoms with Gasteiger partial charge in [0.15, 0.2) is 0 Å². The Bertz CT molecular complexity index is 1250. The normalized spacial score (nSPS) is 16.7. The number of carbonyl (C=O) groups excluding carboxylic acids is 1. The van der Waals surface area contributed by atoms with Gasteiger partial charge in [0.25, 0.3) is 5.91 Å². The molecule has 1 amide bonds. The number of carbonyl (C=O) groups is 1. The van der Waals surface area contributed by atoms with E-state index in [-0.39, 0.29) is 10.8 Å². The van der Waals surface area contributed by atoms with Crippen LogP contribution >= 0.6 is 11.3 Å². The molecule has 6 nitrogen and oxygen atoms in total. The summed E-state index contributed by atoms with van der Waals surface area (Å²) in [5, 5.41) is 4.99. The van der Waals surface area contributed by atoms with Crippen molar-refractivity contribution in [2.24, 2.45) is 0 Å². The molecule has 0 atom stereocenters. The van der Waals surface area contributed by atoms with Crippen molar-refractivity contribution in [3.05, 3.63) is 76.0 Å². The lowest BCUT2D eigenvalue weighted by atomic mass is 10.1. The minimum Gasteiger partial charge on any atom is -0.370 e. The zero-order valence-electron chi connectivity index (χ0n) is 17.7. The van der Waals surface area contributed by atoms with Gasteiger partial charge in [-0.3, -0.25) is 4.79 Å². The molecule has 1 N–H and O–H groups in total. The third-order valence-electron chi connectivity index (χ3n) is 6.11. The summed E-state index contributed by atoms with van der Waals surface area (Å²) in [4.78, 5) is 16.7. The van der Waals surface area contributed by atoms with E-state index in [1.807, 2.05) is 35.7 Å². The van der Waals surface area contributed by atoms with Crippen LogP contribution in [0.15, 0.2) is 64.9 Å². The van der Waals surface area contributed by atoms with E-state index < -0.39 is 10.0 Å². The molecule has 0 spiro atoms. The molecule has 0 radical (unpaired) electrons. The van der Waals surface area contributed by atoms with Gasteiger partial charge in [0.05, 0.1) is 16.3 Å². The quantitative estimate of drug-likeness (QED) is 0.606. The second-order valence-corrected chi connectivity index (χ2v) is 11.1. The van der Waals surface area contributed by atoms with E-state index in [9.17, 15) is 13.2 Å². The Balaban J connectivity index is 1.37. The number of amides is 1. The Kier molecular flexibility index (Phi) is 5.75. The lowest BCUT2D eigenvalue weighted by molar-refractivity contribution is 0.102. The number of sulfonamides is 1. The molecule has 2 aliphatic heterocycles. The van der Waals surface area contributed by atoms with Crippen LogP contribution < -0.4 is 10.2 Å². The van der Waals surface area contributed by atoms with Crippen molar-refractivity contribution in [3.8, 4) is 0 Å². The van der Waals surface area contributed by atoms with E-state index in [1.54, 1.807) is 29.5 Å². The lowest BCUT2D eigenvalue weighted by Crippen LogP contribution is -2.35. The summed E-state index contributed by atoms with van der Waals surface area (Å²) in [6, 6.07) is 16.1. The van der Waals surface area contributed by atoms with Crippen molar-refractivity contribution in [3.63, 3.8) is 0 Å². The van der Waals surface area contributed by atoms with Gasteiger partial charge >= 0.3 is 0 Å². The molecule has 2 aromatic carbocycles. The smallest absolute Gasteiger partial charge is 0.255 e. The van der Waals surface area contributed by atoms with E-state index in [1.165, 1.54) is 15.2 Å². The Hall–Kier alpha value is -2.68. The second kappa shape index (κ2) is 8.69. The van der Waals surface area contributed by atoms with E-state index in [4.69, 9.17) is 0 Å². The van der Waals surface area contributed by atoms with Crippen LogP contribution in [0.5, 0.6) is 0 Å². The van der Waals surface area contributed by atoms with Crippen LogP contribution in [0, 0.1) is 0 Å². The van der Waals surface area contributed by atoms with E-state index in [2.05, 4.69) is 10.2 Å². The first kappa shape index (κ1) is 21.2. The fourth-order valence-electron chi connectivity index (χ4n) is 4.38. The highest BCUT2D eigenvalue weighted by Crippen LogP contribution is 2.30. The summed E-state index contributed by atoms with van der Waals surface area (Å²) in [6.45, 7) is 2.78. The van der Waals surface area contributed by atoms with E-state index >= 15 is 0 Å². The molecular formula is C24H25N3O3S2. The fraction of sp³-hybridized carbons (Fsp3) is 0.292. The molecule has 1 fully saturated rings. The number of nitrogens with zero attached hydrogens (tertiary/aromatic N) is 2. The highest BCUT2D eigenvalue weighted by Gasteiger charge is 2.29. The van der Waals surface area contributed by atoms with Crippen molar-refractivity contribution in [2.45, 2.75) is 30.7 Å². The average molecular weight is 468 g/mol. The summed E-state index contributed by atoms with van der Waals surface area (Å²) in [5.41, 5.74) is 3.14. The fourth-order valence-corrected chi connectivity index (χ4v) is 6.74. The van der Waals surface area contributed by atoms with E-state index in [0.29, 0.717) is 18.7 Å². The second-order valence-electron chi connectivity index (χ2n) is 8.15. The van der Waals surface area contributed by atoms with Crippen LogP contribution in [-0.4, -0.2) is 38.3 Å². The number of thiophene rings is 1. The van der Waals surface area contributed by atoms with Crippen molar-refractivity contribution >= 4 is 38.6 Å². The highest BCUT2D eigenvalue weighted by atomic mass is 32.2. The SMILES string of the molecule is O=C(Nc1ccccc1N1CCCC1)c1cccc(S(=O)(=O)N2CCc3sccc3C2)c1. The molecule has 3 heterocycles. The summed E-state index contributed by atoms with van der Waals surface area (Å²) in [5.74, 6) is -0.313. The van der Waals surface area contributed by atoms with Gasteiger partial charge in [0, 0.05) is 36.6 Å². The average Bonchev–Trinajstić information content (AvgIpc) is 3.51. The van der Waals surface area contributed by atoms with Crippen molar-refractivity contribution in [1.29, 1.82) is 0 Å². The van der Waals surface area contributed by atoms with Gasteiger partial charge in [0.2, 0.25) is 10.0 Å². The zero-order chi connectivity index (χ0) is 22.1. The number of hydrogen-bond acceptors (Lipinski definition) is 5. The van der Waals surface area contributed by atoms with Gasteiger partial charge in [-0.1, -0.05) is 18.2 Å². The predicted molar refractivity (Wildman–Crippen MR) is 128 cm³/mol. The molecule has 32 heavy (non-hydrogen) atoms. The third-order valence-corrected chi connectivity index (χ3v) is 8.97. The Labute approximate surface area is 192 Å². The number of nitrogens with one attached hydrogen (secondary N) is 1. The first-order valence-electron chi connectivity index (χ1n) is 10.8. The van der Waals surface area contributed by atoms with Gasteiger partial charge in [-0.15, -0.1) is 11.3 Å². The number of rotatable bonds is 5. The molecular weight excluding hydrogens is 442 g/mol. The molecule has 0 aliphatic carbocycles. The van der Waals surface area contributed by atoms with Crippen LogP contribution in [0.3, 0.4) is 0 Å². The van der Waals surface area contributed by atoms with Crippen LogP contribution in [0.2, 0.25) is 0 Å². The summed E-state index contributed by atoms with van der Waals surface area (Å²) in [7, 11) is -3.68. The Morgan fingerprint density at radius 2 is 1.78 bits per heavy atom. The molecule has 5 rings (SSSR count). The minimum atomic E-state index is -3.68. The van der Waals surface area contributed by atoms with Gasteiger partial charge in [-0.2, -0.15) is 4.31 Å². The van der Waals surface area contributed by atoms with Crippen LogP contribution in [0.4, 0.5) is 11.4 Å². The molecule has 0 unspecified atom stereocenters. The van der Waals surface area contributed by atoms with Crippen molar-refractivity contribution in [2.75, 3.05) is 29.9 Å². The molecule has 0 saturated carbocycles. The topological polar surface area (TPSA) is 69.7 Å². The zero-order valence-corrected chi connectivity index (χ0v) is 19.3. The lowest BCUT2D eigenvalue weighted by Gasteiger charge is -2.26. The number of para-hydroxylation sites is 2. The van der Waals surface area contributed by atoms with Crippen molar-refractivity contribution in [1.82, 2.24) is 4.31 Å². The van der Waals surface area contributed by atoms with E-state index in [0.717, 1.165) is 49.3 Å². The maximum absolute atomic E-state index is 13.3. The van der Waals surface area contributed by atoms with Gasteiger partial charge in [-0.05, 0) is 66.6 Å². The first-order chi connectivity index (χ1) is 15.5. The molecule has 0 bridgehead atoms. The molecule has 166 valence electrons. The maximum atomic E-state index is 13.3. The molecule has 3 aromatic rings. The number of hydrogen-bond donors (Lipinski definition) is 1. The first-order valence-corrected chi connectivity index (χ1v) is 13.2. The highest BCUT2D eigenvalue weighted by molar-refractivity contribution is 7.89. The summed E-state index contributed by atoms with van der Waals surface area (Å²) in [6.07, 6.45) is 3.01. The third kappa shape index (κ3) is 4.05. The maximum Gasteiger partial charge on any atom is 0.255 e. The summed E-state index contributed by atoms with van der Waals surface area (Å²) < 4.78 is 28.0. The van der Waals surface area contributed by atoms with Gasteiger partial charge < -0.3 is 10.2 Å². The monoisotopic (exact) mass is 467 g/mol. The van der Waals surface area contributed by atoms with Crippen LogP contribution in [-0.2, 0) is 23.0 Å². The molecule has 2 aliphatic rings. The standard InChI is InChI=1S/C24H25N3O3S2/c28-24(25-21-8-1-2-9-22(21)26-12-3-4-13-26)18-6-5-7-20(16-18)32(29,30)27-14-10-23-19(17-27)11-15-31-23/h1-2,5-9,11,15-16H,3-4,10,12-14,17H2,(H,25,28). The predicted octanol–water partition coefficient (Wildman–Crippen LogP) is 4.35. The summed E-state index contributed by atoms with van der Waals surface area (Å²) >= 11 is 1.67. The van der Waals surface area contributed by atoms with Gasteiger partial charge in [-0.25, -0.2) is 8.42 Å². The van der Waals surface area contributed by atoms with Crippen LogP contribution in [0.25, 0.3) is 0 Å². The van der Waals surface area contributed by atoms with Crippen molar-refractivity contribution < 1.29 is 13.2 Å². The largest absolute Gasteiger partial charge is 0.370 e. The minimum absolute atomic E-state index is 0.150. The molecule has 8 heteroatoms. The molecule has 1 saturated heterocycles. The molecule has 1 aromatic heterocycles. The number of fused-ring (bicyclic) bond motifs is 1. The van der Waals surface area contributed by atoms with Gasteiger partial charge in [0.1, 0.15) is 0 Å². The number of benzene rings is 2. The van der Waals surface area contributed by atoms with Crippen LogP contribution in [0.1, 0.15) is 33.6 Å².